The number of hydrogen-bond donors (Lipinski definition) is 3. The second kappa shape index (κ2) is 12.4. The number of alkyl halides is 3. The molecule has 0 atom stereocenters. The Morgan fingerprint density at radius 1 is 1.10 bits per heavy atom. The summed E-state index contributed by atoms with van der Waals surface area (Å²) in [7, 11) is 3.00. The summed E-state index contributed by atoms with van der Waals surface area (Å²) in [5, 5.41) is 9.29. The molecule has 42 heavy (non-hydrogen) atoms. The van der Waals surface area contributed by atoms with Crippen molar-refractivity contribution in [1.29, 1.82) is 0 Å². The fourth-order valence-electron chi connectivity index (χ4n) is 4.83. The summed E-state index contributed by atoms with van der Waals surface area (Å²) in [6.07, 6.45) is -4.02. The van der Waals surface area contributed by atoms with Crippen molar-refractivity contribution < 1.29 is 27.1 Å². The molecule has 1 aromatic heterocycles. The summed E-state index contributed by atoms with van der Waals surface area (Å²) in [5.41, 5.74) is 2.29. The quantitative estimate of drug-likeness (QED) is 0.230. The Balaban J connectivity index is 1.61. The highest BCUT2D eigenvalue weighted by atomic mass is 19.4. The van der Waals surface area contributed by atoms with Gasteiger partial charge in [-0.15, -0.1) is 0 Å². The number of methoxy groups -OCH3 is 1. The highest BCUT2D eigenvalue weighted by Crippen LogP contribution is 2.33. The summed E-state index contributed by atoms with van der Waals surface area (Å²) in [6.45, 7) is 5.80. The highest BCUT2D eigenvalue weighted by molar-refractivity contribution is 5.95. The van der Waals surface area contributed by atoms with E-state index < -0.39 is 12.7 Å². The molecule has 0 fully saturated rings. The minimum atomic E-state index is -4.47. The molecule has 4 rings (SSSR count). The molecule has 3 aromatic rings. The van der Waals surface area contributed by atoms with Crippen LogP contribution in [0.4, 0.5) is 28.9 Å². The lowest BCUT2D eigenvalue weighted by atomic mass is 10.0. The number of halogens is 4. The van der Waals surface area contributed by atoms with E-state index in [1.54, 1.807) is 42.5 Å². The average molecular weight is 586 g/mol. The zero-order valence-electron chi connectivity index (χ0n) is 24.3. The van der Waals surface area contributed by atoms with Crippen molar-refractivity contribution in [3.05, 3.63) is 65.2 Å². The first-order valence-corrected chi connectivity index (χ1v) is 13.5. The Kier molecular flexibility index (Phi) is 9.06. The third-order valence-electron chi connectivity index (χ3n) is 7.08. The van der Waals surface area contributed by atoms with Gasteiger partial charge in [0.25, 0.3) is 5.91 Å². The first kappa shape index (κ1) is 30.8. The molecule has 11 heteroatoms. The van der Waals surface area contributed by atoms with Gasteiger partial charge in [-0.3, -0.25) is 9.69 Å². The van der Waals surface area contributed by atoms with Gasteiger partial charge in [-0.05, 0) is 63.1 Å². The molecule has 0 saturated heterocycles. The third kappa shape index (κ3) is 7.18. The van der Waals surface area contributed by atoms with E-state index in [2.05, 4.69) is 27.8 Å². The van der Waals surface area contributed by atoms with Gasteiger partial charge in [-0.25, -0.2) is 4.39 Å². The van der Waals surface area contributed by atoms with E-state index in [1.165, 1.54) is 14.2 Å². The number of rotatable bonds is 7. The molecule has 1 aliphatic heterocycles. The minimum Gasteiger partial charge on any atom is -0.495 e. The van der Waals surface area contributed by atoms with E-state index in [9.17, 15) is 18.0 Å². The number of benzene rings is 2. The standard InChI is InChI=1S/C31H35F4N5O2/c1-30(2,3)39-15-13-25(23(32)18-39)38-24-9-6-10-27-22(24)17-21(40(27)19-31(33,34)35)8-7-14-37-26-12-11-20(29(41)36-4)16-28(26)42-5/h6,9-12,16-17,37-38H,13-15,18-19H2,1-5H3,(H,36,41). The van der Waals surface area contributed by atoms with Crippen LogP contribution >= 0.6 is 0 Å². The van der Waals surface area contributed by atoms with Gasteiger partial charge in [0.05, 0.1) is 37.1 Å². The number of nitrogens with zero attached hydrogens (tertiary/aromatic N) is 2. The van der Waals surface area contributed by atoms with Crippen LogP contribution in [0, 0.1) is 11.8 Å². The number of fused-ring (bicyclic) bond motifs is 1. The van der Waals surface area contributed by atoms with Gasteiger partial charge in [0.2, 0.25) is 0 Å². The van der Waals surface area contributed by atoms with E-state index in [1.807, 2.05) is 25.7 Å². The number of amides is 1. The molecule has 0 spiro atoms. The number of carbonyl (C=O) groups excluding carboxylic acids is 1. The Bertz CT molecular complexity index is 1560. The maximum atomic E-state index is 15.1. The van der Waals surface area contributed by atoms with E-state index in [-0.39, 0.29) is 36.1 Å². The van der Waals surface area contributed by atoms with E-state index >= 15 is 4.39 Å². The molecular weight excluding hydrogens is 550 g/mol. The lowest BCUT2D eigenvalue weighted by molar-refractivity contribution is -0.140. The summed E-state index contributed by atoms with van der Waals surface area (Å²) < 4.78 is 62.3. The molecule has 1 aliphatic rings. The van der Waals surface area contributed by atoms with E-state index in [0.29, 0.717) is 52.3 Å². The molecule has 0 aliphatic carbocycles. The minimum absolute atomic E-state index is 0.108. The van der Waals surface area contributed by atoms with Crippen molar-refractivity contribution in [2.45, 2.75) is 45.5 Å². The Morgan fingerprint density at radius 3 is 2.50 bits per heavy atom. The third-order valence-corrected chi connectivity index (χ3v) is 7.08. The first-order chi connectivity index (χ1) is 19.8. The molecule has 2 aromatic carbocycles. The number of nitrogens with one attached hydrogen (secondary N) is 3. The largest absolute Gasteiger partial charge is 0.495 e. The molecule has 7 nitrogen and oxygen atoms in total. The average Bonchev–Trinajstić information content (AvgIpc) is 3.27. The smallest absolute Gasteiger partial charge is 0.406 e. The fourth-order valence-corrected chi connectivity index (χ4v) is 4.83. The summed E-state index contributed by atoms with van der Waals surface area (Å²) in [6, 6.07) is 11.4. The van der Waals surface area contributed by atoms with Crippen LogP contribution in [0.5, 0.6) is 5.75 Å². The number of carbonyl (C=O) groups is 1. The topological polar surface area (TPSA) is 70.6 Å². The van der Waals surface area contributed by atoms with Crippen molar-refractivity contribution >= 4 is 28.2 Å². The number of ether oxygens (including phenoxy) is 1. The predicted molar refractivity (Wildman–Crippen MR) is 157 cm³/mol. The molecule has 2 heterocycles. The van der Waals surface area contributed by atoms with Gasteiger partial charge in [-0.2, -0.15) is 13.2 Å². The molecule has 0 unspecified atom stereocenters. The molecule has 0 radical (unpaired) electrons. The zero-order chi connectivity index (χ0) is 30.7. The fraction of sp³-hybridized carbons (Fsp3) is 0.387. The normalized spacial score (nSPS) is 14.4. The second-order valence-corrected chi connectivity index (χ2v) is 11.0. The van der Waals surface area contributed by atoms with Crippen LogP contribution in [0.1, 0.15) is 43.2 Å². The van der Waals surface area contributed by atoms with Gasteiger partial charge >= 0.3 is 6.18 Å². The SMILES string of the molecule is CNC(=O)c1ccc(NCC#Cc2cc3c(NC4=C(F)CN(C(C)(C)C)CC4)cccc3n2CC(F)(F)F)c(OC)c1. The van der Waals surface area contributed by atoms with Gasteiger partial charge in [0.1, 0.15) is 18.1 Å². The molecule has 1 amide bonds. The van der Waals surface area contributed by atoms with Gasteiger partial charge in [0, 0.05) is 47.9 Å². The Morgan fingerprint density at radius 2 is 1.86 bits per heavy atom. The van der Waals surface area contributed by atoms with Gasteiger partial charge in [-0.1, -0.05) is 12.0 Å². The molecule has 0 bridgehead atoms. The Labute approximate surface area is 242 Å². The van der Waals surface area contributed by atoms with Gasteiger partial charge in [0.15, 0.2) is 0 Å². The second-order valence-electron chi connectivity index (χ2n) is 11.0. The van der Waals surface area contributed by atoms with Crippen molar-refractivity contribution in [3.63, 3.8) is 0 Å². The van der Waals surface area contributed by atoms with Crippen LogP contribution in [0.25, 0.3) is 10.9 Å². The van der Waals surface area contributed by atoms with Crippen LogP contribution in [-0.4, -0.2) is 60.9 Å². The lowest BCUT2D eigenvalue weighted by Crippen LogP contribution is -2.45. The summed E-state index contributed by atoms with van der Waals surface area (Å²) in [4.78, 5) is 13.9. The molecule has 224 valence electrons. The highest BCUT2D eigenvalue weighted by Gasteiger charge is 2.31. The summed E-state index contributed by atoms with van der Waals surface area (Å²) >= 11 is 0. The van der Waals surface area contributed by atoms with Crippen LogP contribution in [0.15, 0.2) is 54.0 Å². The monoisotopic (exact) mass is 585 g/mol. The van der Waals surface area contributed by atoms with Crippen molar-refractivity contribution in [1.82, 2.24) is 14.8 Å². The van der Waals surface area contributed by atoms with Crippen molar-refractivity contribution in [3.8, 4) is 17.6 Å². The van der Waals surface area contributed by atoms with Crippen LogP contribution in [0.2, 0.25) is 0 Å². The lowest BCUT2D eigenvalue weighted by Gasteiger charge is -2.38. The molecular formula is C31H35F4N5O2. The maximum absolute atomic E-state index is 15.1. The number of aromatic nitrogens is 1. The number of anilines is 2. The van der Waals surface area contributed by atoms with Crippen molar-refractivity contribution in [2.75, 3.05) is 44.4 Å². The van der Waals surface area contributed by atoms with E-state index in [0.717, 1.165) is 4.57 Å². The Hall–Kier alpha value is -4.17. The van der Waals surface area contributed by atoms with Crippen LogP contribution in [0.3, 0.4) is 0 Å². The predicted octanol–water partition coefficient (Wildman–Crippen LogP) is 6.13. The first-order valence-electron chi connectivity index (χ1n) is 13.5. The molecule has 3 N–H and O–H groups in total. The maximum Gasteiger partial charge on any atom is 0.406 e. The molecule has 0 saturated carbocycles. The van der Waals surface area contributed by atoms with Crippen molar-refractivity contribution in [2.24, 2.45) is 0 Å². The van der Waals surface area contributed by atoms with E-state index in [4.69, 9.17) is 4.74 Å². The van der Waals surface area contributed by atoms with Gasteiger partial charge < -0.3 is 25.3 Å². The zero-order valence-corrected chi connectivity index (χ0v) is 24.3. The van der Waals surface area contributed by atoms with Crippen LogP contribution in [-0.2, 0) is 6.54 Å². The van der Waals surface area contributed by atoms with Crippen LogP contribution < -0.4 is 20.7 Å². The summed E-state index contributed by atoms with van der Waals surface area (Å²) in [5.74, 6) is 5.62. The number of hydrogen-bond acceptors (Lipinski definition) is 5.